The number of carbonyl (C=O) groups is 2. The molecule has 0 atom stereocenters. The third kappa shape index (κ3) is 3.00. The van der Waals surface area contributed by atoms with Crippen LogP contribution < -0.4 is 10.2 Å². The molecule has 0 aliphatic carbocycles. The summed E-state index contributed by atoms with van der Waals surface area (Å²) < 4.78 is 0. The van der Waals surface area contributed by atoms with E-state index < -0.39 is 34.6 Å². The fraction of sp³-hybridized carbons (Fsp3) is 0.0435. The SMILES string of the molecule is O=C(O)c1c([O-])cc2ccccc2c1Cc1c(C(=O)O)c([O-])cc2ccccc12. The number of benzene rings is 4. The lowest BCUT2D eigenvalue weighted by atomic mass is 9.88. The van der Waals surface area contributed by atoms with Crippen LogP contribution in [0.4, 0.5) is 0 Å². The molecule has 29 heavy (non-hydrogen) atoms. The molecule has 4 aromatic rings. The molecule has 0 spiro atoms. The van der Waals surface area contributed by atoms with Crippen LogP contribution in [-0.4, -0.2) is 22.2 Å². The van der Waals surface area contributed by atoms with Crippen LogP contribution in [-0.2, 0) is 6.42 Å². The maximum Gasteiger partial charge on any atom is 0.335 e. The zero-order chi connectivity index (χ0) is 20.7. The summed E-state index contributed by atoms with van der Waals surface area (Å²) in [5.74, 6) is -4.11. The number of rotatable bonds is 4. The standard InChI is InChI=1S/C23H16O6/c24-18-9-12-5-1-3-7-14(12)16(20(18)22(26)27)11-17-15-8-4-2-6-13(15)10-19(25)21(17)23(28)29/h1-10,24-25H,11H2,(H,26,27)(H,28,29)/p-2. The predicted octanol–water partition coefficient (Wildman–Crippen LogP) is 3.13. The minimum absolute atomic E-state index is 0.170. The first kappa shape index (κ1) is 18.3. The number of aromatic carboxylic acids is 2. The van der Waals surface area contributed by atoms with Crippen LogP contribution in [0.15, 0.2) is 60.7 Å². The minimum Gasteiger partial charge on any atom is -0.872 e. The highest BCUT2D eigenvalue weighted by atomic mass is 16.4. The second-order valence-corrected chi connectivity index (χ2v) is 6.69. The molecule has 4 aromatic carbocycles. The first-order valence-corrected chi connectivity index (χ1v) is 8.78. The van der Waals surface area contributed by atoms with E-state index in [1.807, 2.05) is 0 Å². The van der Waals surface area contributed by atoms with Gasteiger partial charge in [-0.1, -0.05) is 72.2 Å². The van der Waals surface area contributed by atoms with Crippen molar-refractivity contribution in [3.8, 4) is 11.5 Å². The Balaban J connectivity index is 2.10. The summed E-state index contributed by atoms with van der Waals surface area (Å²) in [6, 6.07) is 16.1. The molecule has 0 aromatic heterocycles. The van der Waals surface area contributed by atoms with Crippen LogP contribution in [0.2, 0.25) is 0 Å². The van der Waals surface area contributed by atoms with E-state index in [4.69, 9.17) is 0 Å². The molecule has 4 rings (SSSR count). The summed E-state index contributed by atoms with van der Waals surface area (Å²) in [4.78, 5) is 23.7. The summed E-state index contributed by atoms with van der Waals surface area (Å²) in [6.45, 7) is 0. The molecule has 6 nitrogen and oxygen atoms in total. The van der Waals surface area contributed by atoms with Crippen molar-refractivity contribution in [2.24, 2.45) is 0 Å². The molecule has 144 valence electrons. The van der Waals surface area contributed by atoms with Crippen molar-refractivity contribution in [2.45, 2.75) is 6.42 Å². The van der Waals surface area contributed by atoms with Crippen molar-refractivity contribution >= 4 is 33.5 Å². The van der Waals surface area contributed by atoms with E-state index in [-0.39, 0.29) is 17.5 Å². The average Bonchev–Trinajstić information content (AvgIpc) is 2.67. The first-order valence-electron chi connectivity index (χ1n) is 8.78. The van der Waals surface area contributed by atoms with Gasteiger partial charge in [0.05, 0.1) is 11.1 Å². The van der Waals surface area contributed by atoms with Crippen molar-refractivity contribution in [3.63, 3.8) is 0 Å². The molecule has 0 saturated heterocycles. The summed E-state index contributed by atoms with van der Waals surface area (Å²) in [5, 5.41) is 46.4. The van der Waals surface area contributed by atoms with E-state index in [1.54, 1.807) is 48.5 Å². The summed E-state index contributed by atoms with van der Waals surface area (Å²) >= 11 is 0. The van der Waals surface area contributed by atoms with Gasteiger partial charge in [-0.3, -0.25) is 0 Å². The van der Waals surface area contributed by atoms with Gasteiger partial charge in [-0.25, -0.2) is 9.59 Å². The lowest BCUT2D eigenvalue weighted by molar-refractivity contribution is -0.269. The van der Waals surface area contributed by atoms with Crippen molar-refractivity contribution < 1.29 is 30.0 Å². The van der Waals surface area contributed by atoms with Crippen LogP contribution in [0.25, 0.3) is 21.5 Å². The Labute approximate surface area is 164 Å². The maximum absolute atomic E-state index is 12.5. The highest BCUT2D eigenvalue weighted by Crippen LogP contribution is 2.35. The monoisotopic (exact) mass is 386 g/mol. The molecule has 2 N–H and O–H groups in total. The highest BCUT2D eigenvalue weighted by Gasteiger charge is 2.20. The Morgan fingerprint density at radius 1 is 0.690 bits per heavy atom. The molecular formula is C23H14O6-2. The second-order valence-electron chi connectivity index (χ2n) is 6.69. The van der Waals surface area contributed by atoms with E-state index in [0.29, 0.717) is 21.5 Å². The fourth-order valence-corrected chi connectivity index (χ4v) is 3.80. The van der Waals surface area contributed by atoms with Crippen LogP contribution in [0.5, 0.6) is 11.5 Å². The zero-order valence-electron chi connectivity index (χ0n) is 15.0. The van der Waals surface area contributed by atoms with Gasteiger partial charge in [0, 0.05) is 6.42 Å². The summed E-state index contributed by atoms with van der Waals surface area (Å²) in [7, 11) is 0. The number of fused-ring (bicyclic) bond motifs is 2. The van der Waals surface area contributed by atoms with Crippen LogP contribution in [0.3, 0.4) is 0 Å². The quantitative estimate of drug-likeness (QED) is 0.556. The van der Waals surface area contributed by atoms with Crippen molar-refractivity contribution in [1.29, 1.82) is 0 Å². The lowest BCUT2D eigenvalue weighted by Gasteiger charge is -2.22. The largest absolute Gasteiger partial charge is 0.872 e. The van der Waals surface area contributed by atoms with Crippen molar-refractivity contribution in [1.82, 2.24) is 0 Å². The van der Waals surface area contributed by atoms with Crippen molar-refractivity contribution in [2.75, 3.05) is 0 Å². The first-order chi connectivity index (χ1) is 13.9. The van der Waals surface area contributed by atoms with Gasteiger partial charge in [0.15, 0.2) is 0 Å². The average molecular weight is 386 g/mol. The van der Waals surface area contributed by atoms with Crippen LogP contribution in [0.1, 0.15) is 31.8 Å². The molecular weight excluding hydrogens is 372 g/mol. The van der Waals surface area contributed by atoms with Crippen LogP contribution >= 0.6 is 0 Å². The Morgan fingerprint density at radius 3 is 1.45 bits per heavy atom. The molecule has 0 saturated carbocycles. The number of hydrogen-bond acceptors (Lipinski definition) is 4. The highest BCUT2D eigenvalue weighted by molar-refractivity contribution is 6.04. The van der Waals surface area contributed by atoms with Gasteiger partial charge < -0.3 is 20.4 Å². The molecule has 0 amide bonds. The van der Waals surface area contributed by atoms with Gasteiger partial charge in [0.25, 0.3) is 0 Å². The normalized spacial score (nSPS) is 11.0. The van der Waals surface area contributed by atoms with Crippen LogP contribution in [0, 0.1) is 0 Å². The number of carboxylic acid groups (broad SMARTS) is 2. The molecule has 0 fully saturated rings. The summed E-state index contributed by atoms with van der Waals surface area (Å²) in [6.07, 6.45) is -0.170. The molecule has 0 radical (unpaired) electrons. The topological polar surface area (TPSA) is 121 Å². The molecule has 0 unspecified atom stereocenters. The third-order valence-corrected chi connectivity index (χ3v) is 5.02. The predicted molar refractivity (Wildman–Crippen MR) is 104 cm³/mol. The van der Waals surface area contributed by atoms with Gasteiger partial charge in [0.2, 0.25) is 0 Å². The van der Waals surface area contributed by atoms with Gasteiger partial charge in [-0.05, 0) is 32.7 Å². The lowest BCUT2D eigenvalue weighted by Crippen LogP contribution is -2.13. The van der Waals surface area contributed by atoms with Crippen molar-refractivity contribution in [3.05, 3.63) is 82.9 Å². The van der Waals surface area contributed by atoms with Gasteiger partial charge in [0.1, 0.15) is 0 Å². The van der Waals surface area contributed by atoms with E-state index in [1.165, 1.54) is 12.1 Å². The Bertz CT molecular complexity index is 1200. The zero-order valence-corrected chi connectivity index (χ0v) is 15.0. The summed E-state index contributed by atoms with van der Waals surface area (Å²) in [5.41, 5.74) is -0.446. The maximum atomic E-state index is 12.5. The van der Waals surface area contributed by atoms with Gasteiger partial charge in [-0.2, -0.15) is 0 Å². The molecule has 0 aliphatic heterocycles. The minimum atomic E-state index is -1.39. The number of carboxylic acids is 2. The van der Waals surface area contributed by atoms with E-state index >= 15 is 0 Å². The van der Waals surface area contributed by atoms with E-state index in [2.05, 4.69) is 0 Å². The van der Waals surface area contributed by atoms with E-state index in [0.717, 1.165) is 0 Å². The molecule has 6 heteroatoms. The molecule has 0 bridgehead atoms. The number of hydrogen-bond donors (Lipinski definition) is 2. The van der Waals surface area contributed by atoms with Gasteiger partial charge in [-0.15, -0.1) is 0 Å². The Kier molecular flexibility index (Phi) is 4.31. The Hall–Kier alpha value is -4.06. The Morgan fingerprint density at radius 2 is 1.07 bits per heavy atom. The van der Waals surface area contributed by atoms with E-state index in [9.17, 15) is 30.0 Å². The van der Waals surface area contributed by atoms with Gasteiger partial charge >= 0.3 is 11.9 Å². The second kappa shape index (κ2) is 6.83. The molecule has 0 aliphatic rings. The molecule has 0 heterocycles. The smallest absolute Gasteiger partial charge is 0.335 e. The third-order valence-electron chi connectivity index (χ3n) is 5.02. The fourth-order valence-electron chi connectivity index (χ4n) is 3.80.